The van der Waals surface area contributed by atoms with Crippen LogP contribution in [0.3, 0.4) is 0 Å². The summed E-state index contributed by atoms with van der Waals surface area (Å²) in [6.45, 7) is 1.85. The van der Waals surface area contributed by atoms with Gasteiger partial charge in [-0.3, -0.25) is 9.59 Å². The van der Waals surface area contributed by atoms with Crippen LogP contribution in [0.5, 0.6) is 0 Å². The first-order valence-electron chi connectivity index (χ1n) is 10.0. The minimum absolute atomic E-state index is 0.109. The maximum absolute atomic E-state index is 12.5. The van der Waals surface area contributed by atoms with Crippen LogP contribution in [0.1, 0.15) is 19.8 Å². The number of carbonyl (C=O) groups excluding carboxylic acids is 2. The minimum atomic E-state index is -3.38. The number of aromatic nitrogens is 1. The monoisotopic (exact) mass is 492 g/mol. The van der Waals surface area contributed by atoms with Gasteiger partial charge in [0.25, 0.3) is 0 Å². The van der Waals surface area contributed by atoms with Crippen molar-refractivity contribution < 1.29 is 22.7 Å². The molecule has 0 N–H and O–H groups in total. The molecule has 2 aromatic carbocycles. The van der Waals surface area contributed by atoms with Crippen molar-refractivity contribution in [1.29, 1.82) is 0 Å². The number of hydrogen-bond acceptors (Lipinski definition) is 7. The summed E-state index contributed by atoms with van der Waals surface area (Å²) in [5.74, 6) is 0.0526. The van der Waals surface area contributed by atoms with Gasteiger partial charge in [0.2, 0.25) is 5.91 Å². The number of fused-ring (bicyclic) bond motifs is 1. The molecule has 0 radical (unpaired) electrons. The predicted molar refractivity (Wildman–Crippen MR) is 127 cm³/mol. The lowest BCUT2D eigenvalue weighted by molar-refractivity contribution is -0.143. The zero-order chi connectivity index (χ0) is 23.1. The zero-order valence-corrected chi connectivity index (χ0v) is 20.3. The second kappa shape index (κ2) is 10.9. The van der Waals surface area contributed by atoms with Crippen LogP contribution < -0.4 is 4.80 Å². The van der Waals surface area contributed by atoms with E-state index in [1.165, 1.54) is 23.5 Å². The highest BCUT2D eigenvalue weighted by Crippen LogP contribution is 2.22. The van der Waals surface area contributed by atoms with Gasteiger partial charge in [0.05, 0.1) is 21.7 Å². The molecular weight excluding hydrogens is 468 g/mol. The van der Waals surface area contributed by atoms with Crippen molar-refractivity contribution in [3.63, 3.8) is 0 Å². The Labute approximate surface area is 195 Å². The average molecular weight is 493 g/mol. The second-order valence-electron chi connectivity index (χ2n) is 6.95. The van der Waals surface area contributed by atoms with Crippen molar-refractivity contribution in [3.05, 3.63) is 53.3 Å². The lowest BCUT2D eigenvalue weighted by Gasteiger charge is -2.05. The number of thiazole rings is 1. The van der Waals surface area contributed by atoms with Gasteiger partial charge in [-0.2, -0.15) is 4.99 Å². The first-order chi connectivity index (χ1) is 15.3. The third-order valence-electron chi connectivity index (χ3n) is 4.44. The number of esters is 1. The largest absolute Gasteiger partial charge is 0.465 e. The molecular formula is C22H24N2O5S3. The van der Waals surface area contributed by atoms with E-state index in [-0.39, 0.29) is 30.4 Å². The number of hydrogen-bond donors (Lipinski definition) is 0. The Kier molecular flexibility index (Phi) is 8.27. The van der Waals surface area contributed by atoms with Crippen molar-refractivity contribution in [2.45, 2.75) is 36.1 Å². The second-order valence-corrected chi connectivity index (χ2v) is 11.1. The maximum Gasteiger partial charge on any atom is 0.326 e. The molecule has 170 valence electrons. The first-order valence-corrected chi connectivity index (χ1v) is 13.7. The van der Waals surface area contributed by atoms with E-state index in [0.717, 1.165) is 16.9 Å². The molecule has 0 aliphatic carbocycles. The van der Waals surface area contributed by atoms with E-state index < -0.39 is 15.8 Å². The van der Waals surface area contributed by atoms with E-state index in [9.17, 15) is 18.0 Å². The highest BCUT2D eigenvalue weighted by atomic mass is 32.2. The van der Waals surface area contributed by atoms with Crippen LogP contribution in [0.4, 0.5) is 0 Å². The van der Waals surface area contributed by atoms with Gasteiger partial charge in [0.15, 0.2) is 14.6 Å². The van der Waals surface area contributed by atoms with Gasteiger partial charge < -0.3 is 9.30 Å². The summed E-state index contributed by atoms with van der Waals surface area (Å²) in [4.78, 5) is 30.5. The molecule has 0 saturated carbocycles. The van der Waals surface area contributed by atoms with Crippen molar-refractivity contribution in [2.24, 2.45) is 4.99 Å². The normalized spacial score (nSPS) is 12.2. The van der Waals surface area contributed by atoms with Crippen LogP contribution in [-0.4, -0.2) is 43.5 Å². The quantitative estimate of drug-likeness (QED) is 0.257. The van der Waals surface area contributed by atoms with Gasteiger partial charge in [-0.1, -0.05) is 29.5 Å². The summed E-state index contributed by atoms with van der Waals surface area (Å²) in [6, 6.07) is 14.6. The number of benzene rings is 2. The summed E-state index contributed by atoms with van der Waals surface area (Å²) >= 11 is 2.86. The number of ether oxygens (including phenoxy) is 1. The number of rotatable bonds is 9. The lowest BCUT2D eigenvalue weighted by Crippen LogP contribution is -2.23. The molecule has 0 unspecified atom stereocenters. The Morgan fingerprint density at radius 1 is 1.16 bits per heavy atom. The highest BCUT2D eigenvalue weighted by molar-refractivity contribution is 7.99. The van der Waals surface area contributed by atoms with Crippen molar-refractivity contribution >= 4 is 55.0 Å². The van der Waals surface area contributed by atoms with Crippen LogP contribution in [0.2, 0.25) is 0 Å². The third kappa shape index (κ3) is 6.54. The molecule has 3 aromatic rings. The van der Waals surface area contributed by atoms with Crippen molar-refractivity contribution in [1.82, 2.24) is 4.57 Å². The standard InChI is InChI=1S/C22H24N2O5S3/c1-3-29-21(26)15-24-18-12-11-17(32(2,27)28)14-19(18)31-22(24)23-20(25)10-7-13-30-16-8-5-4-6-9-16/h4-6,8-9,11-12,14H,3,7,10,13,15H2,1-2H3. The first kappa shape index (κ1) is 24.2. The van der Waals surface area contributed by atoms with Crippen LogP contribution >= 0.6 is 23.1 Å². The molecule has 0 aliphatic heterocycles. The SMILES string of the molecule is CCOC(=O)Cn1c(=NC(=O)CCCSc2ccccc2)sc2cc(S(C)(=O)=O)ccc21. The molecule has 0 spiro atoms. The molecule has 0 aliphatic rings. The third-order valence-corrected chi connectivity index (χ3v) is 7.69. The minimum Gasteiger partial charge on any atom is -0.465 e. The molecule has 3 rings (SSSR count). The highest BCUT2D eigenvalue weighted by Gasteiger charge is 2.15. The smallest absolute Gasteiger partial charge is 0.326 e. The molecule has 0 atom stereocenters. The molecule has 32 heavy (non-hydrogen) atoms. The van der Waals surface area contributed by atoms with E-state index in [4.69, 9.17) is 4.74 Å². The number of sulfone groups is 1. The Bertz CT molecular complexity index is 1280. The average Bonchev–Trinajstić information content (AvgIpc) is 3.07. The van der Waals surface area contributed by atoms with Crippen LogP contribution in [0.25, 0.3) is 10.2 Å². The Morgan fingerprint density at radius 2 is 1.91 bits per heavy atom. The fraction of sp³-hybridized carbons (Fsp3) is 0.318. The van der Waals surface area contributed by atoms with Crippen LogP contribution in [0, 0.1) is 0 Å². The van der Waals surface area contributed by atoms with Gasteiger partial charge in [0, 0.05) is 17.6 Å². The molecule has 0 fully saturated rings. The molecule has 7 nitrogen and oxygen atoms in total. The molecule has 1 aromatic heterocycles. The van der Waals surface area contributed by atoms with Gasteiger partial charge in [0.1, 0.15) is 6.54 Å². The van der Waals surface area contributed by atoms with Gasteiger partial charge in [-0.05, 0) is 49.4 Å². The van der Waals surface area contributed by atoms with Gasteiger partial charge in [-0.25, -0.2) is 8.42 Å². The van der Waals surface area contributed by atoms with E-state index >= 15 is 0 Å². The summed E-state index contributed by atoms with van der Waals surface area (Å²) in [6.07, 6.45) is 2.08. The molecule has 1 amide bonds. The number of carbonyl (C=O) groups is 2. The topological polar surface area (TPSA) is 94.8 Å². The number of thioether (sulfide) groups is 1. The van der Waals surface area contributed by atoms with Gasteiger partial charge in [-0.15, -0.1) is 11.8 Å². The molecule has 0 saturated heterocycles. The fourth-order valence-electron chi connectivity index (χ4n) is 2.95. The summed E-state index contributed by atoms with van der Waals surface area (Å²) in [7, 11) is -3.38. The predicted octanol–water partition coefficient (Wildman–Crippen LogP) is 3.67. The molecule has 1 heterocycles. The number of nitrogens with zero attached hydrogens (tertiary/aromatic N) is 2. The molecule has 0 bridgehead atoms. The van der Waals surface area contributed by atoms with Crippen LogP contribution in [-0.2, 0) is 30.7 Å². The van der Waals surface area contributed by atoms with Gasteiger partial charge >= 0.3 is 5.97 Å². The van der Waals surface area contributed by atoms with Crippen LogP contribution in [0.15, 0.2) is 63.3 Å². The van der Waals surface area contributed by atoms with E-state index in [0.29, 0.717) is 21.4 Å². The van der Waals surface area contributed by atoms with Crippen molar-refractivity contribution in [3.8, 4) is 0 Å². The van der Waals surface area contributed by atoms with E-state index in [2.05, 4.69) is 4.99 Å². The maximum atomic E-state index is 12.5. The Morgan fingerprint density at radius 3 is 2.59 bits per heavy atom. The summed E-state index contributed by atoms with van der Waals surface area (Å²) in [5.41, 5.74) is 0.627. The summed E-state index contributed by atoms with van der Waals surface area (Å²) < 4.78 is 31.1. The van der Waals surface area contributed by atoms with E-state index in [1.807, 2.05) is 30.3 Å². The number of amides is 1. The fourth-order valence-corrected chi connectivity index (χ4v) is 5.63. The zero-order valence-electron chi connectivity index (χ0n) is 17.8. The van der Waals surface area contributed by atoms with E-state index in [1.54, 1.807) is 29.3 Å². The lowest BCUT2D eigenvalue weighted by atomic mass is 10.3. The van der Waals surface area contributed by atoms with Crippen molar-refractivity contribution in [2.75, 3.05) is 18.6 Å². The summed E-state index contributed by atoms with van der Waals surface area (Å²) in [5, 5.41) is 0. The Balaban J connectivity index is 1.82. The molecule has 10 heteroatoms. The Hall–Kier alpha value is -2.43.